The summed E-state index contributed by atoms with van der Waals surface area (Å²) in [6, 6.07) is 9.59. The summed E-state index contributed by atoms with van der Waals surface area (Å²) in [6.07, 6.45) is 1.62. The molecule has 0 bridgehead atoms. The fourth-order valence-electron chi connectivity index (χ4n) is 2.24. The molecule has 0 aliphatic rings. The molecular formula is C16H14FN3O. The Morgan fingerprint density at radius 2 is 2.05 bits per heavy atom. The zero-order valence-electron chi connectivity index (χ0n) is 11.4. The first kappa shape index (κ1) is 13.2. The van der Waals surface area contributed by atoms with Gasteiger partial charge in [-0.05, 0) is 42.8 Å². The van der Waals surface area contributed by atoms with E-state index in [1.807, 2.05) is 13.0 Å². The number of rotatable bonds is 2. The van der Waals surface area contributed by atoms with Crippen LogP contribution in [0.25, 0.3) is 10.9 Å². The molecule has 1 aromatic heterocycles. The first-order valence-corrected chi connectivity index (χ1v) is 6.49. The van der Waals surface area contributed by atoms with Crippen molar-refractivity contribution in [1.82, 2.24) is 4.98 Å². The van der Waals surface area contributed by atoms with Gasteiger partial charge in [-0.25, -0.2) is 4.39 Å². The number of benzene rings is 2. The number of aryl methyl sites for hydroxylation is 1. The van der Waals surface area contributed by atoms with Gasteiger partial charge in [0.1, 0.15) is 5.82 Å². The third kappa shape index (κ3) is 2.45. The number of amides is 1. The highest BCUT2D eigenvalue weighted by atomic mass is 19.1. The normalized spacial score (nSPS) is 10.8. The number of nitrogens with two attached hydrogens (primary N) is 1. The van der Waals surface area contributed by atoms with Gasteiger partial charge in [-0.15, -0.1) is 0 Å². The Bertz CT molecular complexity index is 839. The van der Waals surface area contributed by atoms with Gasteiger partial charge >= 0.3 is 0 Å². The lowest BCUT2D eigenvalue weighted by Gasteiger charge is -2.08. The van der Waals surface area contributed by atoms with Gasteiger partial charge in [-0.2, -0.15) is 0 Å². The van der Waals surface area contributed by atoms with E-state index in [0.29, 0.717) is 16.9 Å². The first-order chi connectivity index (χ1) is 10.0. The van der Waals surface area contributed by atoms with Crippen LogP contribution in [0, 0.1) is 12.7 Å². The molecule has 0 saturated carbocycles. The van der Waals surface area contributed by atoms with Gasteiger partial charge in [0.25, 0.3) is 5.91 Å². The van der Waals surface area contributed by atoms with Gasteiger partial charge in [0.05, 0.1) is 5.56 Å². The fraction of sp³-hybridized carbons (Fsp3) is 0.0625. The number of carbonyl (C=O) groups is 1. The maximum absolute atomic E-state index is 13.3. The Kier molecular flexibility index (Phi) is 3.10. The molecule has 0 spiro atoms. The van der Waals surface area contributed by atoms with Crippen LogP contribution in [0.5, 0.6) is 0 Å². The Labute approximate surface area is 120 Å². The predicted molar refractivity (Wildman–Crippen MR) is 81.8 cm³/mol. The van der Waals surface area contributed by atoms with Crippen molar-refractivity contribution in [3.63, 3.8) is 0 Å². The number of aromatic nitrogens is 1. The Morgan fingerprint density at radius 3 is 2.86 bits per heavy atom. The summed E-state index contributed by atoms with van der Waals surface area (Å²) in [5, 5.41) is 3.46. The maximum Gasteiger partial charge on any atom is 0.257 e. The molecule has 106 valence electrons. The molecule has 0 aliphatic heterocycles. The summed E-state index contributed by atoms with van der Waals surface area (Å²) in [5.74, 6) is -0.695. The van der Waals surface area contributed by atoms with Crippen LogP contribution in [0.1, 0.15) is 15.9 Å². The lowest BCUT2D eigenvalue weighted by Crippen LogP contribution is -2.12. The second kappa shape index (κ2) is 4.94. The number of anilines is 2. The topological polar surface area (TPSA) is 70.9 Å². The largest absolute Gasteiger partial charge is 0.399 e. The van der Waals surface area contributed by atoms with Crippen LogP contribution >= 0.6 is 0 Å². The number of hydrogen-bond acceptors (Lipinski definition) is 2. The van der Waals surface area contributed by atoms with Crippen LogP contribution in [0.15, 0.2) is 42.6 Å². The Hall–Kier alpha value is -2.82. The fourth-order valence-corrected chi connectivity index (χ4v) is 2.24. The highest BCUT2D eigenvalue weighted by molar-refractivity contribution is 6.13. The molecule has 0 aliphatic carbocycles. The van der Waals surface area contributed by atoms with Crippen LogP contribution in [0.2, 0.25) is 0 Å². The van der Waals surface area contributed by atoms with Gasteiger partial charge < -0.3 is 16.0 Å². The number of hydrogen-bond donors (Lipinski definition) is 3. The van der Waals surface area contributed by atoms with Crippen LogP contribution in [-0.2, 0) is 0 Å². The standard InChI is InChI=1S/C16H14FN3O/c1-9-2-3-10(17)6-15(9)20-16(21)13-8-19-14-5-4-11(18)7-12(13)14/h2-8,19H,18H2,1H3,(H,20,21). The molecule has 0 saturated heterocycles. The van der Waals surface area contributed by atoms with Crippen LogP contribution in [0.4, 0.5) is 15.8 Å². The van der Waals surface area contributed by atoms with E-state index >= 15 is 0 Å². The molecule has 21 heavy (non-hydrogen) atoms. The molecule has 0 unspecified atom stereocenters. The second-order valence-electron chi connectivity index (χ2n) is 4.92. The van der Waals surface area contributed by atoms with Crippen molar-refractivity contribution in [2.45, 2.75) is 6.92 Å². The van der Waals surface area contributed by atoms with Crippen molar-refractivity contribution in [2.24, 2.45) is 0 Å². The molecule has 3 aromatic rings. The molecule has 1 amide bonds. The molecule has 5 heteroatoms. The summed E-state index contributed by atoms with van der Waals surface area (Å²) in [6.45, 7) is 1.81. The highest BCUT2D eigenvalue weighted by Gasteiger charge is 2.13. The lowest BCUT2D eigenvalue weighted by atomic mass is 10.1. The molecule has 0 radical (unpaired) electrons. The van der Waals surface area contributed by atoms with E-state index in [1.165, 1.54) is 12.1 Å². The zero-order valence-corrected chi connectivity index (χ0v) is 11.4. The number of fused-ring (bicyclic) bond motifs is 1. The quantitative estimate of drug-likeness (QED) is 0.630. The van der Waals surface area contributed by atoms with Crippen molar-refractivity contribution in [3.8, 4) is 0 Å². The summed E-state index contributed by atoms with van der Waals surface area (Å²) >= 11 is 0. The van der Waals surface area contributed by atoms with Crippen LogP contribution < -0.4 is 11.1 Å². The van der Waals surface area contributed by atoms with Crippen LogP contribution in [-0.4, -0.2) is 10.9 Å². The molecule has 4 N–H and O–H groups in total. The Morgan fingerprint density at radius 1 is 1.24 bits per heavy atom. The SMILES string of the molecule is Cc1ccc(F)cc1NC(=O)c1c[nH]c2ccc(N)cc12. The van der Waals surface area contributed by atoms with Gasteiger partial charge in [-0.3, -0.25) is 4.79 Å². The lowest BCUT2D eigenvalue weighted by molar-refractivity contribution is 0.102. The van der Waals surface area contributed by atoms with E-state index in [4.69, 9.17) is 5.73 Å². The number of nitrogen functional groups attached to an aromatic ring is 1. The van der Waals surface area contributed by atoms with Gasteiger partial charge in [0.15, 0.2) is 0 Å². The van der Waals surface area contributed by atoms with Crippen molar-refractivity contribution in [2.75, 3.05) is 11.1 Å². The predicted octanol–water partition coefficient (Wildman–Crippen LogP) is 3.45. The summed E-state index contributed by atoms with van der Waals surface area (Å²) < 4.78 is 13.3. The molecule has 0 fully saturated rings. The minimum absolute atomic E-state index is 0.305. The van der Waals surface area contributed by atoms with E-state index < -0.39 is 0 Å². The van der Waals surface area contributed by atoms with Gasteiger partial charge in [0.2, 0.25) is 0 Å². The van der Waals surface area contributed by atoms with Crippen molar-refractivity contribution < 1.29 is 9.18 Å². The first-order valence-electron chi connectivity index (χ1n) is 6.49. The minimum atomic E-state index is -0.390. The highest BCUT2D eigenvalue weighted by Crippen LogP contribution is 2.23. The molecule has 1 heterocycles. The molecule has 0 atom stereocenters. The zero-order chi connectivity index (χ0) is 15.0. The molecule has 4 nitrogen and oxygen atoms in total. The summed E-state index contributed by atoms with van der Waals surface area (Å²) in [5.41, 5.74) is 8.88. The van der Waals surface area contributed by atoms with Gasteiger partial charge in [-0.1, -0.05) is 6.07 Å². The number of aromatic amines is 1. The van der Waals surface area contributed by atoms with E-state index in [-0.39, 0.29) is 11.7 Å². The van der Waals surface area contributed by atoms with Crippen LogP contribution in [0.3, 0.4) is 0 Å². The summed E-state index contributed by atoms with van der Waals surface area (Å²) in [7, 11) is 0. The number of H-pyrrole nitrogens is 1. The van der Waals surface area contributed by atoms with E-state index in [9.17, 15) is 9.18 Å². The third-order valence-corrected chi connectivity index (χ3v) is 3.40. The number of nitrogens with one attached hydrogen (secondary N) is 2. The van der Waals surface area contributed by atoms with Crippen molar-refractivity contribution in [1.29, 1.82) is 0 Å². The minimum Gasteiger partial charge on any atom is -0.399 e. The average Bonchev–Trinajstić information content (AvgIpc) is 2.85. The monoisotopic (exact) mass is 283 g/mol. The third-order valence-electron chi connectivity index (χ3n) is 3.40. The average molecular weight is 283 g/mol. The van der Waals surface area contributed by atoms with Crippen molar-refractivity contribution >= 4 is 28.2 Å². The number of carbonyl (C=O) groups excluding carboxylic acids is 1. The van der Waals surface area contributed by atoms with E-state index in [0.717, 1.165) is 16.5 Å². The van der Waals surface area contributed by atoms with E-state index in [2.05, 4.69) is 10.3 Å². The molecule has 3 rings (SSSR count). The smallest absolute Gasteiger partial charge is 0.257 e. The second-order valence-corrected chi connectivity index (χ2v) is 4.92. The number of halogens is 1. The molecule has 2 aromatic carbocycles. The summed E-state index contributed by atoms with van der Waals surface area (Å²) in [4.78, 5) is 15.4. The van der Waals surface area contributed by atoms with Gasteiger partial charge in [0, 0.05) is 28.5 Å². The van der Waals surface area contributed by atoms with Crippen molar-refractivity contribution in [3.05, 3.63) is 59.5 Å². The maximum atomic E-state index is 13.3. The Balaban J connectivity index is 1.97. The molecular weight excluding hydrogens is 269 g/mol. The van der Waals surface area contributed by atoms with E-state index in [1.54, 1.807) is 24.4 Å².